The van der Waals surface area contributed by atoms with Crippen molar-refractivity contribution in [2.45, 2.75) is 39.3 Å². The third-order valence-corrected chi connectivity index (χ3v) is 4.73. The molecule has 0 atom stereocenters. The van der Waals surface area contributed by atoms with Gasteiger partial charge in [-0.25, -0.2) is 4.98 Å². The molecule has 5 nitrogen and oxygen atoms in total. The van der Waals surface area contributed by atoms with Crippen molar-refractivity contribution < 1.29 is 9.84 Å². The summed E-state index contributed by atoms with van der Waals surface area (Å²) in [5.74, 6) is 0.145. The summed E-state index contributed by atoms with van der Waals surface area (Å²) in [5.41, 5.74) is 2.24. The van der Waals surface area contributed by atoms with E-state index in [1.807, 2.05) is 11.5 Å². The Balaban J connectivity index is 2.08. The van der Waals surface area contributed by atoms with Gasteiger partial charge in [0.05, 0.1) is 18.2 Å². The number of aromatic hydroxyl groups is 1. The third-order valence-electron chi connectivity index (χ3n) is 3.03. The molecule has 2 aromatic heterocycles. The summed E-state index contributed by atoms with van der Waals surface area (Å²) in [6.45, 7) is 10.0. The molecule has 0 fully saturated rings. The van der Waals surface area contributed by atoms with Crippen LogP contribution in [0.2, 0.25) is 25.7 Å². The lowest BCUT2D eigenvalue weighted by atomic mass is 10.3. The minimum atomic E-state index is -1.06. The van der Waals surface area contributed by atoms with Crippen LogP contribution in [-0.2, 0) is 11.5 Å². The number of imidazole rings is 1. The molecule has 0 aliphatic rings. The second-order valence-corrected chi connectivity index (χ2v) is 11.6. The standard InChI is InChI=1S/C13H21N3O2Si/c1-10-12-13(11(17)7-14-10)16(8-15-12)9-18-5-6-19(2,3)4/h7-8,17H,5-6,9H2,1-4H3. The van der Waals surface area contributed by atoms with E-state index in [0.717, 1.165) is 23.9 Å². The highest BCUT2D eigenvalue weighted by Gasteiger charge is 2.13. The van der Waals surface area contributed by atoms with Gasteiger partial charge in [0.2, 0.25) is 0 Å². The van der Waals surface area contributed by atoms with E-state index in [4.69, 9.17) is 4.74 Å². The molecule has 1 N–H and O–H groups in total. The first kappa shape index (κ1) is 14.0. The molecule has 0 aliphatic heterocycles. The summed E-state index contributed by atoms with van der Waals surface area (Å²) in [4.78, 5) is 8.36. The highest BCUT2D eigenvalue weighted by Crippen LogP contribution is 2.24. The lowest BCUT2D eigenvalue weighted by Crippen LogP contribution is -2.21. The number of pyridine rings is 1. The average Bonchev–Trinajstić information content (AvgIpc) is 2.73. The zero-order valence-corrected chi connectivity index (χ0v) is 13.0. The van der Waals surface area contributed by atoms with Gasteiger partial charge >= 0.3 is 0 Å². The highest BCUT2D eigenvalue weighted by atomic mass is 28.3. The highest BCUT2D eigenvalue weighted by molar-refractivity contribution is 6.76. The first-order chi connectivity index (χ1) is 8.88. The molecule has 0 aromatic carbocycles. The van der Waals surface area contributed by atoms with Gasteiger partial charge in [0.25, 0.3) is 0 Å². The summed E-state index contributed by atoms with van der Waals surface area (Å²) in [5, 5.41) is 9.88. The minimum absolute atomic E-state index is 0.145. The van der Waals surface area contributed by atoms with Crippen molar-refractivity contribution in [3.8, 4) is 5.75 Å². The molecule has 0 unspecified atom stereocenters. The predicted molar refractivity (Wildman–Crippen MR) is 78.0 cm³/mol. The fraction of sp³-hybridized carbons (Fsp3) is 0.538. The molecule has 104 valence electrons. The van der Waals surface area contributed by atoms with E-state index < -0.39 is 8.07 Å². The van der Waals surface area contributed by atoms with E-state index in [2.05, 4.69) is 29.6 Å². The molecule has 0 saturated heterocycles. The molecule has 0 spiro atoms. The van der Waals surface area contributed by atoms with Gasteiger partial charge in [0, 0.05) is 14.7 Å². The smallest absolute Gasteiger partial charge is 0.160 e. The molecule has 0 aliphatic carbocycles. The molecule has 0 saturated carbocycles. The molecule has 19 heavy (non-hydrogen) atoms. The van der Waals surface area contributed by atoms with Gasteiger partial charge < -0.3 is 14.4 Å². The monoisotopic (exact) mass is 279 g/mol. The van der Waals surface area contributed by atoms with Crippen LogP contribution in [-0.4, -0.2) is 34.3 Å². The number of ether oxygens (including phenoxy) is 1. The number of rotatable bonds is 5. The van der Waals surface area contributed by atoms with Crippen molar-refractivity contribution in [3.05, 3.63) is 18.2 Å². The van der Waals surface area contributed by atoms with Crippen molar-refractivity contribution in [2.24, 2.45) is 0 Å². The molecule has 6 heteroatoms. The van der Waals surface area contributed by atoms with Crippen molar-refractivity contribution in [2.75, 3.05) is 6.61 Å². The molecule has 2 rings (SSSR count). The van der Waals surface area contributed by atoms with Crippen LogP contribution in [0.5, 0.6) is 5.75 Å². The Labute approximate surface area is 114 Å². The Morgan fingerprint density at radius 3 is 2.74 bits per heavy atom. The molecular formula is C13H21N3O2Si. The molecular weight excluding hydrogens is 258 g/mol. The summed E-state index contributed by atoms with van der Waals surface area (Å²) < 4.78 is 7.51. The first-order valence-corrected chi connectivity index (χ1v) is 10.2. The van der Waals surface area contributed by atoms with E-state index in [9.17, 15) is 5.11 Å². The Morgan fingerprint density at radius 2 is 2.05 bits per heavy atom. The maximum atomic E-state index is 9.88. The molecule has 0 radical (unpaired) electrons. The maximum Gasteiger partial charge on any atom is 0.160 e. The van der Waals surface area contributed by atoms with Crippen molar-refractivity contribution in [1.82, 2.24) is 14.5 Å². The number of nitrogens with zero attached hydrogens (tertiary/aromatic N) is 3. The van der Waals surface area contributed by atoms with Gasteiger partial charge in [-0.05, 0) is 13.0 Å². The zero-order valence-electron chi connectivity index (χ0n) is 12.0. The summed E-state index contributed by atoms with van der Waals surface area (Å²) in [6.07, 6.45) is 3.14. The van der Waals surface area contributed by atoms with Crippen molar-refractivity contribution in [3.63, 3.8) is 0 Å². The van der Waals surface area contributed by atoms with Crippen LogP contribution in [0.1, 0.15) is 5.69 Å². The van der Waals surface area contributed by atoms with E-state index in [1.54, 1.807) is 6.33 Å². The van der Waals surface area contributed by atoms with Crippen LogP contribution in [0.15, 0.2) is 12.5 Å². The number of fused-ring (bicyclic) bond motifs is 1. The number of hydrogen-bond donors (Lipinski definition) is 1. The van der Waals surface area contributed by atoms with Crippen molar-refractivity contribution in [1.29, 1.82) is 0 Å². The molecule has 2 aromatic rings. The summed E-state index contributed by atoms with van der Waals surface area (Å²) in [6, 6.07) is 1.13. The van der Waals surface area contributed by atoms with Crippen LogP contribution < -0.4 is 0 Å². The van der Waals surface area contributed by atoms with Crippen LogP contribution in [0.3, 0.4) is 0 Å². The number of aryl methyl sites for hydroxylation is 1. The number of aromatic nitrogens is 3. The van der Waals surface area contributed by atoms with Crippen LogP contribution in [0.25, 0.3) is 11.0 Å². The molecule has 0 bridgehead atoms. The average molecular weight is 279 g/mol. The van der Waals surface area contributed by atoms with Gasteiger partial charge in [-0.3, -0.25) is 4.98 Å². The topological polar surface area (TPSA) is 60.2 Å². The predicted octanol–water partition coefficient (Wildman–Crippen LogP) is 2.76. The van der Waals surface area contributed by atoms with E-state index in [1.165, 1.54) is 6.20 Å². The summed E-state index contributed by atoms with van der Waals surface area (Å²) >= 11 is 0. The van der Waals surface area contributed by atoms with Gasteiger partial charge in [0.1, 0.15) is 17.8 Å². The van der Waals surface area contributed by atoms with Crippen LogP contribution in [0.4, 0.5) is 0 Å². The van der Waals surface area contributed by atoms with E-state index in [0.29, 0.717) is 12.2 Å². The van der Waals surface area contributed by atoms with Crippen LogP contribution >= 0.6 is 0 Å². The van der Waals surface area contributed by atoms with Crippen molar-refractivity contribution >= 4 is 19.1 Å². The minimum Gasteiger partial charge on any atom is -0.504 e. The van der Waals surface area contributed by atoms with Crippen LogP contribution in [0, 0.1) is 6.92 Å². The van der Waals surface area contributed by atoms with Gasteiger partial charge in [-0.2, -0.15) is 0 Å². The van der Waals surface area contributed by atoms with Gasteiger partial charge in [-0.15, -0.1) is 0 Å². The van der Waals surface area contributed by atoms with E-state index in [-0.39, 0.29) is 5.75 Å². The Hall–Kier alpha value is -1.40. The zero-order chi connectivity index (χ0) is 14.0. The Kier molecular flexibility index (Phi) is 3.91. The summed E-state index contributed by atoms with van der Waals surface area (Å²) in [7, 11) is -1.06. The third kappa shape index (κ3) is 3.33. The van der Waals surface area contributed by atoms with E-state index >= 15 is 0 Å². The molecule has 2 heterocycles. The second kappa shape index (κ2) is 5.30. The first-order valence-electron chi connectivity index (χ1n) is 6.45. The Bertz CT molecular complexity index is 575. The largest absolute Gasteiger partial charge is 0.504 e. The number of hydrogen-bond acceptors (Lipinski definition) is 4. The fourth-order valence-corrected chi connectivity index (χ4v) is 2.59. The van der Waals surface area contributed by atoms with Gasteiger partial charge in [0.15, 0.2) is 5.75 Å². The SMILES string of the molecule is Cc1ncc(O)c2c1ncn2COCC[Si](C)(C)C. The quantitative estimate of drug-likeness (QED) is 0.675. The van der Waals surface area contributed by atoms with Gasteiger partial charge in [-0.1, -0.05) is 19.6 Å². The second-order valence-electron chi connectivity index (χ2n) is 5.99. The Morgan fingerprint density at radius 1 is 1.32 bits per heavy atom. The maximum absolute atomic E-state index is 9.88. The molecule has 0 amide bonds. The lowest BCUT2D eigenvalue weighted by molar-refractivity contribution is 0.0896. The normalized spacial score (nSPS) is 12.2. The fourth-order valence-electron chi connectivity index (χ4n) is 1.83. The lowest BCUT2D eigenvalue weighted by Gasteiger charge is -2.15.